The highest BCUT2D eigenvalue weighted by Gasteiger charge is 2.32. The minimum Gasteiger partial charge on any atom is -0.386 e. The Morgan fingerprint density at radius 2 is 2.00 bits per heavy atom. The average molecular weight is 185 g/mol. The Bertz CT molecular complexity index is 266. The van der Waals surface area contributed by atoms with E-state index in [0.717, 1.165) is 5.56 Å². The van der Waals surface area contributed by atoms with Gasteiger partial charge in [-0.05, 0) is 17.7 Å². The van der Waals surface area contributed by atoms with Crippen LogP contribution in [0.2, 0.25) is 5.02 Å². The third-order valence-electron chi connectivity index (χ3n) is 1.92. The van der Waals surface area contributed by atoms with E-state index in [2.05, 4.69) is 0 Å². The molecule has 0 bridgehead atoms. The molecule has 0 amide bonds. The second kappa shape index (κ2) is 3.05. The van der Waals surface area contributed by atoms with E-state index in [-0.39, 0.29) is 6.10 Å². The Kier molecular flexibility index (Phi) is 2.05. The van der Waals surface area contributed by atoms with Gasteiger partial charge in [0.05, 0.1) is 6.61 Å². The summed E-state index contributed by atoms with van der Waals surface area (Å²) < 4.78 is 4.97. The van der Waals surface area contributed by atoms with E-state index in [9.17, 15) is 5.11 Å². The lowest BCUT2D eigenvalue weighted by Crippen LogP contribution is -2.04. The van der Waals surface area contributed by atoms with Gasteiger partial charge in [-0.2, -0.15) is 0 Å². The fourth-order valence-electron chi connectivity index (χ4n) is 1.11. The summed E-state index contributed by atoms with van der Waals surface area (Å²) in [5.74, 6) is 0. The molecule has 1 aromatic carbocycles. The van der Waals surface area contributed by atoms with E-state index >= 15 is 0 Å². The van der Waals surface area contributed by atoms with Gasteiger partial charge in [-0.15, -0.1) is 0 Å². The molecule has 1 aliphatic rings. The maximum atomic E-state index is 9.58. The summed E-state index contributed by atoms with van der Waals surface area (Å²) in [7, 11) is 0. The van der Waals surface area contributed by atoms with Crippen LogP contribution in [0.15, 0.2) is 24.3 Å². The summed E-state index contributed by atoms with van der Waals surface area (Å²) in [4.78, 5) is 0. The van der Waals surface area contributed by atoms with Gasteiger partial charge in [-0.1, -0.05) is 23.7 Å². The minimum atomic E-state index is -0.498. The van der Waals surface area contributed by atoms with Crippen LogP contribution in [0, 0.1) is 0 Å². The SMILES string of the molecule is O[C@H](c1ccc(Cl)cc1)[C@H]1CO1. The zero-order chi connectivity index (χ0) is 8.55. The molecule has 2 nitrogen and oxygen atoms in total. The Labute approximate surface area is 75.7 Å². The smallest absolute Gasteiger partial charge is 0.111 e. The molecule has 0 spiro atoms. The molecule has 0 saturated carbocycles. The van der Waals surface area contributed by atoms with Crippen LogP contribution < -0.4 is 0 Å². The maximum absolute atomic E-state index is 9.58. The van der Waals surface area contributed by atoms with Crippen LogP contribution in [0.25, 0.3) is 0 Å². The standard InChI is InChI=1S/C9H9ClO2/c10-7-3-1-6(2-4-7)9(11)8-5-12-8/h1-4,8-9,11H,5H2/t8-,9-/m1/s1. The molecular formula is C9H9ClO2. The van der Waals surface area contributed by atoms with Crippen molar-refractivity contribution in [3.8, 4) is 0 Å². The van der Waals surface area contributed by atoms with Crippen molar-refractivity contribution in [1.29, 1.82) is 0 Å². The first-order valence-electron chi connectivity index (χ1n) is 3.82. The van der Waals surface area contributed by atoms with Crippen LogP contribution in [-0.4, -0.2) is 17.8 Å². The van der Waals surface area contributed by atoms with Crippen molar-refractivity contribution < 1.29 is 9.84 Å². The van der Waals surface area contributed by atoms with Crippen LogP contribution >= 0.6 is 11.6 Å². The molecule has 64 valence electrons. The summed E-state index contributed by atoms with van der Waals surface area (Å²) in [6.07, 6.45) is -0.506. The van der Waals surface area contributed by atoms with Crippen molar-refractivity contribution >= 4 is 11.6 Å². The highest BCUT2D eigenvalue weighted by atomic mass is 35.5. The molecule has 0 radical (unpaired) electrons. The number of aliphatic hydroxyl groups is 1. The molecule has 0 unspecified atom stereocenters. The fourth-order valence-corrected chi connectivity index (χ4v) is 1.24. The minimum absolute atomic E-state index is 0.00817. The highest BCUT2D eigenvalue weighted by molar-refractivity contribution is 6.30. The summed E-state index contributed by atoms with van der Waals surface area (Å²) in [5.41, 5.74) is 0.863. The number of aliphatic hydroxyl groups excluding tert-OH is 1. The van der Waals surface area contributed by atoms with Gasteiger partial charge in [0.15, 0.2) is 0 Å². The molecule has 2 atom stereocenters. The highest BCUT2D eigenvalue weighted by Crippen LogP contribution is 2.27. The predicted octanol–water partition coefficient (Wildman–Crippen LogP) is 1.77. The van der Waals surface area contributed by atoms with Crippen LogP contribution in [-0.2, 0) is 4.74 Å². The van der Waals surface area contributed by atoms with E-state index < -0.39 is 6.10 Å². The molecule has 3 heteroatoms. The van der Waals surface area contributed by atoms with Gasteiger partial charge in [0.2, 0.25) is 0 Å². The van der Waals surface area contributed by atoms with Gasteiger partial charge in [-0.25, -0.2) is 0 Å². The number of rotatable bonds is 2. The van der Waals surface area contributed by atoms with Crippen LogP contribution in [0.4, 0.5) is 0 Å². The number of hydrogen-bond donors (Lipinski definition) is 1. The molecule has 1 fully saturated rings. The number of hydrogen-bond acceptors (Lipinski definition) is 2. The molecule has 1 N–H and O–H groups in total. The van der Waals surface area contributed by atoms with Crippen LogP contribution in [0.1, 0.15) is 11.7 Å². The summed E-state index contributed by atoms with van der Waals surface area (Å²) in [6.45, 7) is 0.657. The van der Waals surface area contributed by atoms with Crippen molar-refractivity contribution in [1.82, 2.24) is 0 Å². The third kappa shape index (κ3) is 1.61. The summed E-state index contributed by atoms with van der Waals surface area (Å²) in [6, 6.07) is 7.16. The molecule has 12 heavy (non-hydrogen) atoms. The average Bonchev–Trinajstić information content (AvgIpc) is 2.87. The van der Waals surface area contributed by atoms with Crippen molar-refractivity contribution in [2.24, 2.45) is 0 Å². The lowest BCUT2D eigenvalue weighted by atomic mass is 10.1. The Hall–Kier alpha value is -0.570. The fraction of sp³-hybridized carbons (Fsp3) is 0.333. The monoisotopic (exact) mass is 184 g/mol. The maximum Gasteiger partial charge on any atom is 0.111 e. The normalized spacial score (nSPS) is 23.7. The first-order chi connectivity index (χ1) is 5.77. The number of halogens is 1. The molecular weight excluding hydrogens is 176 g/mol. The van der Waals surface area contributed by atoms with Gasteiger partial charge >= 0.3 is 0 Å². The predicted molar refractivity (Wildman–Crippen MR) is 46.2 cm³/mol. The number of epoxide rings is 1. The zero-order valence-corrected chi connectivity index (χ0v) is 7.16. The summed E-state index contributed by atoms with van der Waals surface area (Å²) >= 11 is 5.70. The van der Waals surface area contributed by atoms with E-state index in [1.165, 1.54) is 0 Å². The first kappa shape index (κ1) is 8.05. The van der Waals surface area contributed by atoms with E-state index in [4.69, 9.17) is 16.3 Å². The Morgan fingerprint density at radius 3 is 2.50 bits per heavy atom. The zero-order valence-electron chi connectivity index (χ0n) is 6.40. The van der Waals surface area contributed by atoms with Crippen molar-refractivity contribution in [3.63, 3.8) is 0 Å². The lowest BCUT2D eigenvalue weighted by molar-refractivity contribution is 0.137. The van der Waals surface area contributed by atoms with Crippen LogP contribution in [0.3, 0.4) is 0 Å². The molecule has 1 saturated heterocycles. The Morgan fingerprint density at radius 1 is 1.42 bits per heavy atom. The van der Waals surface area contributed by atoms with Gasteiger partial charge in [0, 0.05) is 5.02 Å². The first-order valence-corrected chi connectivity index (χ1v) is 4.20. The molecule has 2 rings (SSSR count). The van der Waals surface area contributed by atoms with Crippen LogP contribution in [0.5, 0.6) is 0 Å². The molecule has 0 aromatic heterocycles. The Balaban J connectivity index is 2.16. The second-order valence-electron chi connectivity index (χ2n) is 2.87. The largest absolute Gasteiger partial charge is 0.386 e. The molecule has 0 aliphatic carbocycles. The topological polar surface area (TPSA) is 32.8 Å². The lowest BCUT2D eigenvalue weighted by Gasteiger charge is -2.06. The third-order valence-corrected chi connectivity index (χ3v) is 2.17. The van der Waals surface area contributed by atoms with Gasteiger partial charge in [0.25, 0.3) is 0 Å². The second-order valence-corrected chi connectivity index (χ2v) is 3.30. The van der Waals surface area contributed by atoms with Crippen molar-refractivity contribution in [2.45, 2.75) is 12.2 Å². The molecule has 1 heterocycles. The number of benzene rings is 1. The van der Waals surface area contributed by atoms with E-state index in [1.807, 2.05) is 12.1 Å². The van der Waals surface area contributed by atoms with Gasteiger partial charge in [0.1, 0.15) is 12.2 Å². The molecule has 1 aromatic rings. The van der Waals surface area contributed by atoms with Crippen molar-refractivity contribution in [2.75, 3.05) is 6.61 Å². The van der Waals surface area contributed by atoms with E-state index in [0.29, 0.717) is 11.6 Å². The van der Waals surface area contributed by atoms with Gasteiger partial charge in [-0.3, -0.25) is 0 Å². The van der Waals surface area contributed by atoms with Gasteiger partial charge < -0.3 is 9.84 Å². The van der Waals surface area contributed by atoms with Crippen molar-refractivity contribution in [3.05, 3.63) is 34.9 Å². The molecule has 1 aliphatic heterocycles. The number of ether oxygens (including phenoxy) is 1. The summed E-state index contributed by atoms with van der Waals surface area (Å²) in [5, 5.41) is 10.3. The quantitative estimate of drug-likeness (QED) is 0.711. The van der Waals surface area contributed by atoms with E-state index in [1.54, 1.807) is 12.1 Å².